The SMILES string of the molecule is C=CC1(C)CCC(C(=CCC(O)C(C)(C)O)CO)CC1C(=C)C. The standard InChI is InChI=1S/C20H34O3/c1-7-20(6)11-10-15(12-17(20)14(2)3)16(13-21)8-9-18(22)19(4,5)23/h7-8,15,17-18,21-23H,1-2,9-13H2,3-6H3. The third-order valence-electron chi connectivity index (χ3n) is 5.53. The zero-order chi connectivity index (χ0) is 17.8. The molecule has 1 aliphatic carbocycles. The maximum atomic E-state index is 9.99. The summed E-state index contributed by atoms with van der Waals surface area (Å²) in [6.45, 7) is 15.6. The van der Waals surface area contributed by atoms with Gasteiger partial charge in [0.2, 0.25) is 0 Å². The summed E-state index contributed by atoms with van der Waals surface area (Å²) in [5, 5.41) is 29.6. The molecule has 1 aliphatic rings. The van der Waals surface area contributed by atoms with Crippen molar-refractivity contribution < 1.29 is 15.3 Å². The Bertz CT molecular complexity index is 458. The van der Waals surface area contributed by atoms with E-state index < -0.39 is 11.7 Å². The van der Waals surface area contributed by atoms with Crippen LogP contribution in [0.5, 0.6) is 0 Å². The van der Waals surface area contributed by atoms with E-state index in [2.05, 4.69) is 27.0 Å². The molecule has 0 bridgehead atoms. The van der Waals surface area contributed by atoms with Crippen molar-refractivity contribution in [3.05, 3.63) is 36.5 Å². The second kappa shape index (κ2) is 7.78. The van der Waals surface area contributed by atoms with Crippen LogP contribution in [0, 0.1) is 17.3 Å². The molecule has 4 atom stereocenters. The molecule has 0 spiro atoms. The van der Waals surface area contributed by atoms with Crippen molar-refractivity contribution in [2.24, 2.45) is 17.3 Å². The van der Waals surface area contributed by atoms with E-state index in [-0.39, 0.29) is 12.0 Å². The Morgan fingerprint density at radius 1 is 1.43 bits per heavy atom. The maximum Gasteiger partial charge on any atom is 0.0856 e. The summed E-state index contributed by atoms with van der Waals surface area (Å²) in [6.07, 6.45) is 6.43. The van der Waals surface area contributed by atoms with Crippen LogP contribution < -0.4 is 0 Å². The van der Waals surface area contributed by atoms with Crippen LogP contribution in [0.4, 0.5) is 0 Å². The van der Waals surface area contributed by atoms with Gasteiger partial charge < -0.3 is 15.3 Å². The van der Waals surface area contributed by atoms with Gasteiger partial charge in [-0.1, -0.05) is 31.2 Å². The second-order valence-electron chi connectivity index (χ2n) is 7.92. The smallest absolute Gasteiger partial charge is 0.0856 e. The average molecular weight is 322 g/mol. The molecule has 3 nitrogen and oxygen atoms in total. The molecule has 0 aromatic rings. The molecule has 0 aromatic heterocycles. The van der Waals surface area contributed by atoms with Crippen LogP contribution in [0.25, 0.3) is 0 Å². The number of allylic oxidation sites excluding steroid dienone is 2. The van der Waals surface area contributed by atoms with Gasteiger partial charge in [-0.3, -0.25) is 0 Å². The van der Waals surface area contributed by atoms with E-state index in [1.54, 1.807) is 13.8 Å². The molecule has 1 saturated carbocycles. The van der Waals surface area contributed by atoms with Gasteiger partial charge in [0.15, 0.2) is 0 Å². The molecule has 0 aliphatic heterocycles. The molecule has 0 radical (unpaired) electrons. The minimum absolute atomic E-state index is 0.00302. The topological polar surface area (TPSA) is 60.7 Å². The molecule has 3 N–H and O–H groups in total. The first-order chi connectivity index (χ1) is 10.5. The van der Waals surface area contributed by atoms with Crippen molar-refractivity contribution >= 4 is 0 Å². The van der Waals surface area contributed by atoms with E-state index in [0.29, 0.717) is 18.3 Å². The minimum atomic E-state index is -1.13. The largest absolute Gasteiger partial charge is 0.392 e. The van der Waals surface area contributed by atoms with Gasteiger partial charge >= 0.3 is 0 Å². The Morgan fingerprint density at radius 2 is 2.04 bits per heavy atom. The van der Waals surface area contributed by atoms with E-state index >= 15 is 0 Å². The Labute approximate surface area is 141 Å². The first kappa shape index (κ1) is 20.1. The zero-order valence-electron chi connectivity index (χ0n) is 15.2. The quantitative estimate of drug-likeness (QED) is 0.628. The first-order valence-electron chi connectivity index (χ1n) is 8.54. The Hall–Kier alpha value is -0.900. The van der Waals surface area contributed by atoms with E-state index in [4.69, 9.17) is 0 Å². The second-order valence-corrected chi connectivity index (χ2v) is 7.92. The fourth-order valence-electron chi connectivity index (χ4n) is 3.59. The molecule has 1 fully saturated rings. The van der Waals surface area contributed by atoms with Gasteiger partial charge in [0, 0.05) is 0 Å². The van der Waals surface area contributed by atoms with Crippen LogP contribution in [-0.4, -0.2) is 33.6 Å². The van der Waals surface area contributed by atoms with E-state index in [0.717, 1.165) is 30.4 Å². The third kappa shape index (κ3) is 5.03. The van der Waals surface area contributed by atoms with Crippen molar-refractivity contribution in [2.45, 2.75) is 65.1 Å². The van der Waals surface area contributed by atoms with Crippen LogP contribution in [0.3, 0.4) is 0 Å². The molecule has 23 heavy (non-hydrogen) atoms. The summed E-state index contributed by atoms with van der Waals surface area (Å²) in [4.78, 5) is 0. The summed E-state index contributed by atoms with van der Waals surface area (Å²) >= 11 is 0. The lowest BCUT2D eigenvalue weighted by atomic mass is 9.61. The molecule has 1 rings (SSSR count). The highest BCUT2D eigenvalue weighted by Gasteiger charge is 2.39. The fraction of sp³-hybridized carbons (Fsp3) is 0.700. The first-order valence-corrected chi connectivity index (χ1v) is 8.54. The Balaban J connectivity index is 2.88. The van der Waals surface area contributed by atoms with Crippen LogP contribution >= 0.6 is 0 Å². The zero-order valence-corrected chi connectivity index (χ0v) is 15.2. The highest BCUT2D eigenvalue weighted by atomic mass is 16.3. The van der Waals surface area contributed by atoms with Gasteiger partial charge in [-0.25, -0.2) is 0 Å². The van der Waals surface area contributed by atoms with E-state index in [1.807, 2.05) is 12.2 Å². The summed E-state index contributed by atoms with van der Waals surface area (Å²) < 4.78 is 0. The summed E-state index contributed by atoms with van der Waals surface area (Å²) in [6, 6.07) is 0. The Morgan fingerprint density at radius 3 is 2.48 bits per heavy atom. The molecule has 0 aromatic carbocycles. The van der Waals surface area contributed by atoms with Gasteiger partial charge in [0.1, 0.15) is 0 Å². The molecule has 3 heteroatoms. The minimum Gasteiger partial charge on any atom is -0.392 e. The van der Waals surface area contributed by atoms with Crippen molar-refractivity contribution in [3.63, 3.8) is 0 Å². The maximum absolute atomic E-state index is 9.99. The molecule has 0 heterocycles. The van der Waals surface area contributed by atoms with Crippen LogP contribution in [0.1, 0.15) is 53.4 Å². The van der Waals surface area contributed by atoms with Crippen molar-refractivity contribution in [3.8, 4) is 0 Å². The van der Waals surface area contributed by atoms with Gasteiger partial charge in [-0.15, -0.1) is 6.58 Å². The lowest BCUT2D eigenvalue weighted by Gasteiger charge is -2.44. The van der Waals surface area contributed by atoms with Gasteiger partial charge in [-0.05, 0) is 69.3 Å². The van der Waals surface area contributed by atoms with Crippen molar-refractivity contribution in [2.75, 3.05) is 6.61 Å². The third-order valence-corrected chi connectivity index (χ3v) is 5.53. The highest BCUT2D eigenvalue weighted by Crippen LogP contribution is 2.48. The molecular formula is C20H34O3. The predicted octanol–water partition coefficient (Wildman–Crippen LogP) is 3.61. The van der Waals surface area contributed by atoms with E-state index in [9.17, 15) is 15.3 Å². The van der Waals surface area contributed by atoms with Crippen molar-refractivity contribution in [1.82, 2.24) is 0 Å². The number of hydrogen-bond acceptors (Lipinski definition) is 3. The number of hydrogen-bond donors (Lipinski definition) is 3. The Kier molecular flexibility index (Phi) is 6.81. The number of rotatable bonds is 7. The van der Waals surface area contributed by atoms with Crippen LogP contribution in [0.2, 0.25) is 0 Å². The molecule has 0 amide bonds. The summed E-state index contributed by atoms with van der Waals surface area (Å²) in [7, 11) is 0. The normalized spacial score (nSPS) is 30.8. The molecule has 132 valence electrons. The van der Waals surface area contributed by atoms with E-state index in [1.165, 1.54) is 0 Å². The number of aliphatic hydroxyl groups is 3. The lowest BCUT2D eigenvalue weighted by molar-refractivity contribution is -0.0458. The molecule has 0 saturated heterocycles. The monoisotopic (exact) mass is 322 g/mol. The van der Waals surface area contributed by atoms with Crippen LogP contribution in [-0.2, 0) is 0 Å². The highest BCUT2D eigenvalue weighted by molar-refractivity contribution is 5.17. The summed E-state index contributed by atoms with van der Waals surface area (Å²) in [5.41, 5.74) is 1.05. The van der Waals surface area contributed by atoms with Gasteiger partial charge in [0.05, 0.1) is 18.3 Å². The van der Waals surface area contributed by atoms with Gasteiger partial charge in [-0.2, -0.15) is 0 Å². The summed E-state index contributed by atoms with van der Waals surface area (Å²) in [5.74, 6) is 0.650. The number of aliphatic hydroxyl groups excluding tert-OH is 2. The average Bonchev–Trinajstić information content (AvgIpc) is 2.47. The van der Waals surface area contributed by atoms with Gasteiger partial charge in [0.25, 0.3) is 0 Å². The fourth-order valence-corrected chi connectivity index (χ4v) is 3.59. The van der Waals surface area contributed by atoms with Crippen molar-refractivity contribution in [1.29, 1.82) is 0 Å². The predicted molar refractivity (Wildman–Crippen MR) is 96.0 cm³/mol. The molecule has 4 unspecified atom stereocenters. The molecular weight excluding hydrogens is 288 g/mol. The van der Waals surface area contributed by atoms with Crippen LogP contribution in [0.15, 0.2) is 36.5 Å². The lowest BCUT2D eigenvalue weighted by Crippen LogP contribution is -2.36.